The van der Waals surface area contributed by atoms with Gasteiger partial charge in [0.2, 0.25) is 0 Å². The van der Waals surface area contributed by atoms with E-state index < -0.39 is 6.10 Å². The monoisotopic (exact) mass is 295 g/mol. The number of hydrogen-bond acceptors (Lipinski definition) is 4. The van der Waals surface area contributed by atoms with Crippen molar-refractivity contribution in [2.24, 2.45) is 0 Å². The van der Waals surface area contributed by atoms with E-state index in [-0.39, 0.29) is 6.10 Å². The number of benzene rings is 1. The lowest BCUT2D eigenvalue weighted by Gasteiger charge is -2.28. The van der Waals surface area contributed by atoms with Gasteiger partial charge in [0.15, 0.2) is 0 Å². The zero-order valence-electron chi connectivity index (χ0n) is 13.9. The fraction of sp³-hybridized carbons (Fsp3) is 0.647. The molecule has 1 aromatic rings. The van der Waals surface area contributed by atoms with Crippen LogP contribution in [0.5, 0.6) is 5.75 Å². The van der Waals surface area contributed by atoms with Gasteiger partial charge in [0.25, 0.3) is 0 Å². The quantitative estimate of drug-likeness (QED) is 0.760. The second kappa shape index (κ2) is 9.03. The molecular weight excluding hydrogens is 266 g/mol. The van der Waals surface area contributed by atoms with Crippen LogP contribution in [0.15, 0.2) is 24.3 Å². The molecule has 4 heteroatoms. The molecule has 0 aliphatic carbocycles. The number of rotatable bonds is 9. The van der Waals surface area contributed by atoms with Crippen LogP contribution in [0.25, 0.3) is 0 Å². The second-order valence-electron chi connectivity index (χ2n) is 5.83. The molecule has 0 heterocycles. The van der Waals surface area contributed by atoms with Crippen molar-refractivity contribution in [3.05, 3.63) is 29.8 Å². The average Bonchev–Trinajstić information content (AvgIpc) is 2.43. The van der Waals surface area contributed by atoms with E-state index >= 15 is 0 Å². The number of methoxy groups -OCH3 is 1. The molecule has 21 heavy (non-hydrogen) atoms. The number of nitrogens with zero attached hydrogens (tertiary/aromatic N) is 1. The van der Waals surface area contributed by atoms with E-state index in [4.69, 9.17) is 9.47 Å². The Labute approximate surface area is 128 Å². The highest BCUT2D eigenvalue weighted by molar-refractivity contribution is 5.28. The van der Waals surface area contributed by atoms with Gasteiger partial charge in [0, 0.05) is 26.2 Å². The maximum Gasteiger partial charge on any atom is 0.119 e. The zero-order valence-corrected chi connectivity index (χ0v) is 13.9. The van der Waals surface area contributed by atoms with Crippen molar-refractivity contribution < 1.29 is 14.6 Å². The molecular formula is C17H29NO3. The molecule has 0 aromatic heterocycles. The van der Waals surface area contributed by atoms with E-state index in [0.29, 0.717) is 19.2 Å². The summed E-state index contributed by atoms with van der Waals surface area (Å²) in [6.07, 6.45) is -0.344. The second-order valence-corrected chi connectivity index (χ2v) is 5.83. The predicted octanol–water partition coefficient (Wildman–Crippen LogP) is 2.86. The lowest BCUT2D eigenvalue weighted by Crippen LogP contribution is -2.37. The number of aliphatic hydroxyl groups excluding tert-OH is 1. The third kappa shape index (κ3) is 6.46. The summed E-state index contributed by atoms with van der Waals surface area (Å²) in [5.74, 6) is 0.834. The van der Waals surface area contributed by atoms with Crippen molar-refractivity contribution in [2.45, 2.75) is 45.9 Å². The van der Waals surface area contributed by atoms with Crippen LogP contribution in [0.4, 0.5) is 0 Å². The molecule has 0 amide bonds. The molecule has 1 rings (SSSR count). The molecule has 4 nitrogen and oxygen atoms in total. The maximum absolute atomic E-state index is 10.4. The summed E-state index contributed by atoms with van der Waals surface area (Å²) in [5, 5.41) is 10.4. The molecule has 0 bridgehead atoms. The largest absolute Gasteiger partial charge is 0.491 e. The van der Waals surface area contributed by atoms with E-state index in [1.807, 2.05) is 38.1 Å². The van der Waals surface area contributed by atoms with Crippen molar-refractivity contribution in [3.8, 4) is 5.75 Å². The van der Waals surface area contributed by atoms with Crippen LogP contribution >= 0.6 is 0 Å². The zero-order chi connectivity index (χ0) is 15.8. The molecule has 0 aliphatic rings. The smallest absolute Gasteiger partial charge is 0.119 e. The van der Waals surface area contributed by atoms with Gasteiger partial charge in [-0.3, -0.25) is 4.90 Å². The summed E-state index contributed by atoms with van der Waals surface area (Å²) < 4.78 is 10.7. The number of aliphatic hydroxyl groups is 1. The van der Waals surface area contributed by atoms with Crippen LogP contribution in [-0.2, 0) is 4.74 Å². The van der Waals surface area contributed by atoms with Crippen molar-refractivity contribution in [3.63, 3.8) is 0 Å². The Kier molecular flexibility index (Phi) is 7.72. The highest BCUT2D eigenvalue weighted by atomic mass is 16.5. The van der Waals surface area contributed by atoms with Gasteiger partial charge >= 0.3 is 0 Å². The van der Waals surface area contributed by atoms with Gasteiger partial charge in [-0.15, -0.1) is 0 Å². The van der Waals surface area contributed by atoms with Gasteiger partial charge in [0.05, 0.1) is 18.8 Å². The van der Waals surface area contributed by atoms with Crippen LogP contribution in [-0.4, -0.2) is 49.0 Å². The first-order valence-corrected chi connectivity index (χ1v) is 7.61. The van der Waals surface area contributed by atoms with Crippen LogP contribution in [0, 0.1) is 0 Å². The predicted molar refractivity (Wildman–Crippen MR) is 85.8 cm³/mol. The van der Waals surface area contributed by atoms with Crippen LogP contribution in [0.3, 0.4) is 0 Å². The highest BCUT2D eigenvalue weighted by Crippen LogP contribution is 2.20. The van der Waals surface area contributed by atoms with E-state index in [2.05, 4.69) is 18.7 Å². The molecule has 1 N–H and O–H groups in total. The fourth-order valence-electron chi connectivity index (χ4n) is 2.14. The van der Waals surface area contributed by atoms with Crippen molar-refractivity contribution in [1.82, 2.24) is 4.90 Å². The minimum absolute atomic E-state index is 0.159. The molecule has 0 saturated heterocycles. The van der Waals surface area contributed by atoms with E-state index in [1.165, 1.54) is 0 Å². The van der Waals surface area contributed by atoms with Crippen LogP contribution in [0.1, 0.15) is 39.4 Å². The van der Waals surface area contributed by atoms with Gasteiger partial charge < -0.3 is 14.6 Å². The van der Waals surface area contributed by atoms with Crippen molar-refractivity contribution in [1.29, 1.82) is 0 Å². The third-order valence-corrected chi connectivity index (χ3v) is 3.36. The Morgan fingerprint density at radius 3 is 2.19 bits per heavy atom. The number of hydrogen-bond donors (Lipinski definition) is 1. The highest BCUT2D eigenvalue weighted by Gasteiger charge is 2.16. The van der Waals surface area contributed by atoms with E-state index in [0.717, 1.165) is 17.9 Å². The SMILES string of the molecule is COCCN(CC(O)c1ccc(OC(C)C)cc1)C(C)C. The summed E-state index contributed by atoms with van der Waals surface area (Å²) in [4.78, 5) is 2.21. The third-order valence-electron chi connectivity index (χ3n) is 3.36. The molecule has 120 valence electrons. The minimum Gasteiger partial charge on any atom is -0.491 e. The molecule has 0 radical (unpaired) electrons. The molecule has 0 aliphatic heterocycles. The Bertz CT molecular complexity index is 390. The van der Waals surface area contributed by atoms with Gasteiger partial charge in [-0.05, 0) is 45.4 Å². The summed E-state index contributed by atoms with van der Waals surface area (Å²) in [6.45, 7) is 10.3. The molecule has 0 spiro atoms. The number of ether oxygens (including phenoxy) is 2. The normalized spacial score (nSPS) is 13.2. The summed E-state index contributed by atoms with van der Waals surface area (Å²) in [7, 11) is 1.70. The lowest BCUT2D eigenvalue weighted by atomic mass is 10.1. The molecule has 1 aromatic carbocycles. The lowest BCUT2D eigenvalue weighted by molar-refractivity contribution is 0.0721. The first-order chi connectivity index (χ1) is 9.93. The van der Waals surface area contributed by atoms with Gasteiger partial charge in [-0.2, -0.15) is 0 Å². The summed E-state index contributed by atoms with van der Waals surface area (Å²) in [6, 6.07) is 8.05. The minimum atomic E-state index is -0.502. The maximum atomic E-state index is 10.4. The molecule has 0 saturated carbocycles. The molecule has 1 atom stereocenters. The fourth-order valence-corrected chi connectivity index (χ4v) is 2.14. The van der Waals surface area contributed by atoms with Crippen LogP contribution < -0.4 is 4.74 Å². The van der Waals surface area contributed by atoms with Crippen molar-refractivity contribution >= 4 is 0 Å². The molecule has 1 unspecified atom stereocenters. The van der Waals surface area contributed by atoms with Gasteiger partial charge in [-0.1, -0.05) is 12.1 Å². The van der Waals surface area contributed by atoms with Gasteiger partial charge in [-0.25, -0.2) is 0 Å². The van der Waals surface area contributed by atoms with Gasteiger partial charge in [0.1, 0.15) is 5.75 Å². The Morgan fingerprint density at radius 2 is 1.71 bits per heavy atom. The molecule has 0 fully saturated rings. The van der Waals surface area contributed by atoms with Crippen LogP contribution in [0.2, 0.25) is 0 Å². The average molecular weight is 295 g/mol. The first-order valence-electron chi connectivity index (χ1n) is 7.61. The van der Waals surface area contributed by atoms with E-state index in [9.17, 15) is 5.11 Å². The summed E-state index contributed by atoms with van der Waals surface area (Å²) in [5.41, 5.74) is 0.911. The summed E-state index contributed by atoms with van der Waals surface area (Å²) >= 11 is 0. The van der Waals surface area contributed by atoms with E-state index in [1.54, 1.807) is 7.11 Å². The topological polar surface area (TPSA) is 41.9 Å². The Hall–Kier alpha value is -1.10. The standard InChI is InChI=1S/C17H29NO3/c1-13(2)18(10-11-20-5)12-17(19)15-6-8-16(9-7-15)21-14(3)4/h6-9,13-14,17,19H,10-12H2,1-5H3. The Morgan fingerprint density at radius 1 is 1.10 bits per heavy atom. The first kappa shape index (κ1) is 18.0. The van der Waals surface area contributed by atoms with Crippen molar-refractivity contribution in [2.75, 3.05) is 26.8 Å². The Balaban J connectivity index is 2.62.